The molecule has 0 aliphatic carbocycles. The van der Waals surface area contributed by atoms with Crippen LogP contribution in [-0.2, 0) is 47.1 Å². The molecule has 3 aromatic heterocycles. The molecule has 3 N–H and O–H groups in total. The van der Waals surface area contributed by atoms with Crippen molar-refractivity contribution in [2.24, 2.45) is 15.3 Å². The van der Waals surface area contributed by atoms with E-state index in [4.69, 9.17) is 17.0 Å². The molecule has 0 atom stereocenters. The van der Waals surface area contributed by atoms with E-state index < -0.39 is 20.8 Å². The number of rotatable bonds is 6. The Kier molecular flexibility index (Phi) is 29.8. The first kappa shape index (κ1) is 56.6. The number of aromatic nitrogens is 3. The summed E-state index contributed by atoms with van der Waals surface area (Å²) in [4.78, 5) is 0. The Balaban J connectivity index is -0.000000696. The summed E-state index contributed by atoms with van der Waals surface area (Å²) in [5, 5.41) is 42.2. The largest absolute Gasteiger partial charge is 2.00 e. The predicted octanol–water partition coefficient (Wildman–Crippen LogP) is 11.6. The molecule has 3 aromatic carbocycles. The quantitative estimate of drug-likeness (QED) is 0.114. The molecule has 9 nitrogen and oxygen atoms in total. The standard InChI is InChI=1S/3C13H14N2O.2CH4.2CH3.2ClH.2Zr/c3*1-10-7-11(2)13(16)12(8-10)9-14-15-5-3-4-6-15;;;;;;;;/h3*3-9,16H,1-2H3;2*1H4;2*1H3;2*1H;;/q;;;;;2*-1;;;2*+2/p-2/b14-9+;;;;;;;;;;. The van der Waals surface area contributed by atoms with Crippen molar-refractivity contribution in [2.45, 2.75) is 56.4 Å². The first-order valence-electron chi connectivity index (χ1n) is 15.8. The molecule has 0 saturated heterocycles. The van der Waals surface area contributed by atoms with Crippen LogP contribution >= 0.6 is 17.0 Å². The fourth-order valence-electron chi connectivity index (χ4n) is 4.87. The number of nitrogens with zero attached hydrogens (tertiary/aromatic N) is 6. The summed E-state index contributed by atoms with van der Waals surface area (Å²) in [6.45, 7) is 11.7. The van der Waals surface area contributed by atoms with Crippen LogP contribution in [0.1, 0.15) is 64.9 Å². The van der Waals surface area contributed by atoms with Crippen molar-refractivity contribution in [2.75, 3.05) is 0 Å². The van der Waals surface area contributed by atoms with Crippen LogP contribution in [0.5, 0.6) is 17.2 Å². The number of phenolic OH excluding ortho intramolecular Hbond substituents is 3. The van der Waals surface area contributed by atoms with Gasteiger partial charge in [-0.05, 0) is 130 Å². The van der Waals surface area contributed by atoms with Crippen molar-refractivity contribution < 1.29 is 62.4 Å². The maximum Gasteiger partial charge on any atom is 2.00 e. The van der Waals surface area contributed by atoms with E-state index in [1.165, 1.54) is 0 Å². The Hall–Kier alpha value is -3.74. The number of aromatic hydroxyl groups is 3. The van der Waals surface area contributed by atoms with Gasteiger partial charge in [0.05, 0.1) is 18.6 Å². The minimum absolute atomic E-state index is 0. The Labute approximate surface area is 372 Å². The van der Waals surface area contributed by atoms with Gasteiger partial charge in [-0.15, -0.1) is 0 Å². The molecular formula is C43H56Cl2N6O3Zr2. The van der Waals surface area contributed by atoms with Crippen molar-refractivity contribution >= 4 is 35.7 Å². The fourth-order valence-corrected chi connectivity index (χ4v) is 4.87. The Morgan fingerprint density at radius 3 is 0.857 bits per heavy atom. The maximum absolute atomic E-state index is 9.85. The Bertz CT molecular complexity index is 1810. The first-order valence-corrected chi connectivity index (χ1v) is 22.1. The smallest absolute Gasteiger partial charge is 2.00 e. The third-order valence-corrected chi connectivity index (χ3v) is 7.18. The third kappa shape index (κ3) is 18.9. The van der Waals surface area contributed by atoms with Crippen molar-refractivity contribution in [1.29, 1.82) is 0 Å². The molecule has 0 bridgehead atoms. The molecule has 0 saturated carbocycles. The Morgan fingerprint density at radius 2 is 0.661 bits per heavy atom. The second-order valence-electron chi connectivity index (χ2n) is 11.6. The minimum atomic E-state index is -0.826. The van der Waals surface area contributed by atoms with Crippen LogP contribution in [0.25, 0.3) is 0 Å². The monoisotopic (exact) mass is 954 g/mol. The van der Waals surface area contributed by atoms with Crippen LogP contribution in [-0.4, -0.2) is 48.0 Å². The molecule has 0 unspecified atom stereocenters. The fraction of sp³-hybridized carbons (Fsp3) is 0.186. The molecule has 0 aliphatic rings. The molecule has 56 heavy (non-hydrogen) atoms. The van der Waals surface area contributed by atoms with E-state index in [-0.39, 0.29) is 55.9 Å². The van der Waals surface area contributed by atoms with Gasteiger partial charge in [-0.2, -0.15) is 15.3 Å². The molecule has 298 valence electrons. The van der Waals surface area contributed by atoms with Crippen LogP contribution < -0.4 is 0 Å². The van der Waals surface area contributed by atoms with Crippen LogP contribution in [0.2, 0.25) is 0 Å². The second-order valence-corrected chi connectivity index (χ2v) is 15.3. The number of halogens is 2. The summed E-state index contributed by atoms with van der Waals surface area (Å²) in [5.41, 5.74) is 8.18. The van der Waals surface area contributed by atoms with Gasteiger partial charge >= 0.3 is 64.1 Å². The number of phenols is 3. The predicted molar refractivity (Wildman–Crippen MR) is 233 cm³/mol. The van der Waals surface area contributed by atoms with Gasteiger partial charge in [0.2, 0.25) is 0 Å². The topological polar surface area (TPSA) is 113 Å². The van der Waals surface area contributed by atoms with Crippen molar-refractivity contribution in [3.63, 3.8) is 0 Å². The van der Waals surface area contributed by atoms with E-state index in [1.807, 2.05) is 152 Å². The second kappa shape index (κ2) is 29.5. The molecule has 6 aromatic rings. The van der Waals surface area contributed by atoms with Gasteiger partial charge in [-0.3, -0.25) is 0 Å². The zero-order valence-corrected chi connectivity index (χ0v) is 38.3. The molecular weight excluding hydrogens is 902 g/mol. The molecule has 0 aliphatic heterocycles. The first-order chi connectivity index (χ1) is 24.4. The summed E-state index contributed by atoms with van der Waals surface area (Å²) in [5.74, 6) is 0.879. The minimum Gasteiger partial charge on any atom is 2.00 e. The van der Waals surface area contributed by atoms with Crippen LogP contribution in [0, 0.1) is 56.4 Å². The Morgan fingerprint density at radius 1 is 0.464 bits per heavy atom. The van der Waals surface area contributed by atoms with E-state index in [0.29, 0.717) is 17.2 Å². The van der Waals surface area contributed by atoms with E-state index in [1.54, 1.807) is 32.7 Å². The summed E-state index contributed by atoms with van der Waals surface area (Å²) in [7, 11) is 9.87. The van der Waals surface area contributed by atoms with Gasteiger partial charge in [-0.1, -0.05) is 33.1 Å². The normalized spacial score (nSPS) is 9.79. The van der Waals surface area contributed by atoms with Crippen molar-refractivity contribution in [3.05, 3.63) is 175 Å². The summed E-state index contributed by atoms with van der Waals surface area (Å²) >= 11 is -0.826. The third-order valence-electron chi connectivity index (χ3n) is 7.18. The molecule has 3 heterocycles. The number of hydrogen-bond acceptors (Lipinski definition) is 6. The molecule has 0 radical (unpaired) electrons. The van der Waals surface area contributed by atoms with Gasteiger partial charge in [0.1, 0.15) is 17.2 Å². The summed E-state index contributed by atoms with van der Waals surface area (Å²) in [6.07, 6.45) is 16.0. The average molecular weight is 958 g/mol. The average Bonchev–Trinajstić information content (AvgIpc) is 3.90. The van der Waals surface area contributed by atoms with Gasteiger partial charge in [-0.25, -0.2) is 14.0 Å². The summed E-state index contributed by atoms with van der Waals surface area (Å²) in [6, 6.07) is 23.0. The van der Waals surface area contributed by atoms with Gasteiger partial charge in [0, 0.05) is 53.9 Å². The molecule has 0 fully saturated rings. The molecule has 6 rings (SSSR count). The zero-order valence-electron chi connectivity index (χ0n) is 31.9. The van der Waals surface area contributed by atoms with E-state index in [2.05, 4.69) is 15.3 Å². The van der Waals surface area contributed by atoms with Gasteiger partial charge in [0.25, 0.3) is 0 Å². The molecule has 0 amide bonds. The van der Waals surface area contributed by atoms with Gasteiger partial charge < -0.3 is 30.2 Å². The number of benzene rings is 3. The van der Waals surface area contributed by atoms with Crippen LogP contribution in [0.3, 0.4) is 0 Å². The van der Waals surface area contributed by atoms with E-state index in [0.717, 1.165) is 50.1 Å². The van der Waals surface area contributed by atoms with Crippen molar-refractivity contribution in [1.82, 2.24) is 14.0 Å². The SMILES string of the molecule is C.C.Cc1cc(C)c(O)c(/C=N/n2cccc2)c1.Cc1cc(C)c(O)c(C=Nn2cccc2)c1.Cc1cc(C)c(O)c(C=Nn2cccc2)c1.[CH3-].[CH3-].[Cl][Zr][Cl].[Zr+2]. The molecule has 13 heteroatoms. The van der Waals surface area contributed by atoms with E-state index >= 15 is 0 Å². The van der Waals surface area contributed by atoms with Crippen LogP contribution in [0.4, 0.5) is 0 Å². The van der Waals surface area contributed by atoms with Gasteiger partial charge in [0.15, 0.2) is 0 Å². The number of hydrogen-bond donors (Lipinski definition) is 3. The number of aryl methyl sites for hydroxylation is 6. The maximum atomic E-state index is 9.85. The zero-order chi connectivity index (χ0) is 37.3. The van der Waals surface area contributed by atoms with Crippen LogP contribution in [0.15, 0.2) is 125 Å². The summed E-state index contributed by atoms with van der Waals surface area (Å²) < 4.78 is 5.07. The van der Waals surface area contributed by atoms with E-state index in [9.17, 15) is 15.3 Å². The molecule has 0 spiro atoms. The van der Waals surface area contributed by atoms with Crippen molar-refractivity contribution in [3.8, 4) is 17.2 Å².